The van der Waals surface area contributed by atoms with E-state index in [0.717, 1.165) is 0 Å². The predicted molar refractivity (Wildman–Crippen MR) is 54.9 cm³/mol. The molecule has 13 heavy (non-hydrogen) atoms. The second-order valence-corrected chi connectivity index (χ2v) is 3.93. The van der Waals surface area contributed by atoms with Gasteiger partial charge in [-0.25, -0.2) is 9.37 Å². The summed E-state index contributed by atoms with van der Waals surface area (Å²) in [6, 6.07) is 1.28. The fraction of sp³-hybridized carbons (Fsp3) is 0.250. The topological polar surface area (TPSA) is 33.2 Å². The van der Waals surface area contributed by atoms with Gasteiger partial charge in [-0.2, -0.15) is 0 Å². The summed E-state index contributed by atoms with van der Waals surface area (Å²) in [6.45, 7) is 0. The highest BCUT2D eigenvalue weighted by molar-refractivity contribution is 14.1. The quantitative estimate of drug-likeness (QED) is 0.736. The van der Waals surface area contributed by atoms with E-state index in [0.29, 0.717) is 3.57 Å². The van der Waals surface area contributed by atoms with Crippen LogP contribution in [0.2, 0.25) is 0 Å². The highest BCUT2D eigenvalue weighted by Gasteiger charge is 2.14. The van der Waals surface area contributed by atoms with Crippen molar-refractivity contribution in [2.24, 2.45) is 0 Å². The van der Waals surface area contributed by atoms with Crippen LogP contribution in [0.15, 0.2) is 12.3 Å². The lowest BCUT2D eigenvalue weighted by atomic mass is 10.3. The summed E-state index contributed by atoms with van der Waals surface area (Å²) < 4.78 is 13.8. The van der Waals surface area contributed by atoms with Gasteiger partial charge in [0.15, 0.2) is 11.5 Å². The first-order valence-electron chi connectivity index (χ1n) is 3.55. The number of hydrogen-bond acceptors (Lipinski definition) is 2. The monoisotopic (exact) mass is 294 g/mol. The highest BCUT2D eigenvalue weighted by Crippen LogP contribution is 2.10. The van der Waals surface area contributed by atoms with Crippen LogP contribution in [-0.4, -0.2) is 29.9 Å². The van der Waals surface area contributed by atoms with E-state index in [-0.39, 0.29) is 5.69 Å². The Hall–Kier alpha value is -0.720. The van der Waals surface area contributed by atoms with Gasteiger partial charge in [-0.3, -0.25) is 4.79 Å². The molecule has 0 saturated carbocycles. The number of pyridine rings is 1. The van der Waals surface area contributed by atoms with E-state index < -0.39 is 11.7 Å². The van der Waals surface area contributed by atoms with Gasteiger partial charge in [0.25, 0.3) is 5.91 Å². The fourth-order valence-corrected chi connectivity index (χ4v) is 1.20. The fourth-order valence-electron chi connectivity index (χ4n) is 0.784. The molecule has 1 amide bonds. The van der Waals surface area contributed by atoms with Gasteiger partial charge in [0.2, 0.25) is 0 Å². The number of hydrogen-bond donors (Lipinski definition) is 0. The van der Waals surface area contributed by atoms with Crippen molar-refractivity contribution in [3.8, 4) is 0 Å². The number of halogens is 2. The molecule has 0 aliphatic rings. The summed E-state index contributed by atoms with van der Waals surface area (Å²) in [7, 11) is 3.11. The Balaban J connectivity index is 3.09. The molecule has 1 aromatic heterocycles. The van der Waals surface area contributed by atoms with Crippen molar-refractivity contribution in [3.05, 3.63) is 27.3 Å². The van der Waals surface area contributed by atoms with Crippen LogP contribution in [0.1, 0.15) is 10.5 Å². The number of nitrogens with zero attached hydrogens (tertiary/aromatic N) is 2. The van der Waals surface area contributed by atoms with Gasteiger partial charge in [0.05, 0.1) is 0 Å². The molecule has 0 spiro atoms. The number of carbonyl (C=O) groups excluding carboxylic acids is 1. The van der Waals surface area contributed by atoms with E-state index in [1.54, 1.807) is 14.1 Å². The van der Waals surface area contributed by atoms with Crippen LogP contribution >= 0.6 is 22.6 Å². The van der Waals surface area contributed by atoms with Crippen molar-refractivity contribution < 1.29 is 9.18 Å². The lowest BCUT2D eigenvalue weighted by Crippen LogP contribution is -2.24. The van der Waals surface area contributed by atoms with Gasteiger partial charge in [-0.15, -0.1) is 0 Å². The first-order valence-corrected chi connectivity index (χ1v) is 4.63. The molecule has 70 valence electrons. The molecular formula is C8H8FIN2O. The standard InChI is InChI=1S/C8H8FIN2O/c1-12(2)8(13)7-6(9)3-5(10)4-11-7/h3-4H,1-2H3. The van der Waals surface area contributed by atoms with Crippen LogP contribution in [0, 0.1) is 9.39 Å². The number of amides is 1. The SMILES string of the molecule is CN(C)C(=O)c1ncc(I)cc1F. The summed E-state index contributed by atoms with van der Waals surface area (Å²) in [5.74, 6) is -1.00. The third-order valence-corrected chi connectivity index (χ3v) is 2.01. The van der Waals surface area contributed by atoms with Crippen molar-refractivity contribution in [1.29, 1.82) is 0 Å². The minimum Gasteiger partial charge on any atom is -0.343 e. The second-order valence-electron chi connectivity index (χ2n) is 2.68. The minimum atomic E-state index is -0.578. The molecular weight excluding hydrogens is 286 g/mol. The average molecular weight is 294 g/mol. The molecule has 0 unspecified atom stereocenters. The summed E-state index contributed by atoms with van der Waals surface area (Å²) in [5.41, 5.74) is -0.134. The summed E-state index contributed by atoms with van der Waals surface area (Å²) in [6.07, 6.45) is 1.46. The Morgan fingerprint density at radius 1 is 1.62 bits per heavy atom. The first kappa shape index (κ1) is 10.4. The van der Waals surface area contributed by atoms with Crippen LogP contribution < -0.4 is 0 Å². The maximum absolute atomic E-state index is 13.1. The third kappa shape index (κ3) is 2.36. The summed E-state index contributed by atoms with van der Waals surface area (Å²) >= 11 is 1.94. The molecule has 0 N–H and O–H groups in total. The summed E-state index contributed by atoms with van der Waals surface area (Å²) in [5, 5.41) is 0. The van der Waals surface area contributed by atoms with E-state index in [9.17, 15) is 9.18 Å². The van der Waals surface area contributed by atoms with Crippen LogP contribution in [0.5, 0.6) is 0 Å². The molecule has 5 heteroatoms. The highest BCUT2D eigenvalue weighted by atomic mass is 127. The zero-order valence-electron chi connectivity index (χ0n) is 7.21. The van der Waals surface area contributed by atoms with Crippen LogP contribution in [-0.2, 0) is 0 Å². The maximum atomic E-state index is 13.1. The lowest BCUT2D eigenvalue weighted by Gasteiger charge is -2.09. The first-order chi connectivity index (χ1) is 6.02. The zero-order valence-corrected chi connectivity index (χ0v) is 9.37. The minimum absolute atomic E-state index is 0.134. The molecule has 0 aromatic carbocycles. The zero-order chi connectivity index (χ0) is 10.0. The van der Waals surface area contributed by atoms with Gasteiger partial charge < -0.3 is 4.90 Å². The Kier molecular flexibility index (Phi) is 3.18. The normalized spacial score (nSPS) is 9.85. The number of rotatable bonds is 1. The molecule has 0 atom stereocenters. The summed E-state index contributed by atoms with van der Waals surface area (Å²) in [4.78, 5) is 16.3. The molecule has 0 fully saturated rings. The molecule has 1 rings (SSSR count). The molecule has 0 bridgehead atoms. The number of carbonyl (C=O) groups is 1. The largest absolute Gasteiger partial charge is 0.343 e. The van der Waals surface area contributed by atoms with Gasteiger partial charge in [-0.1, -0.05) is 0 Å². The Labute approximate surface area is 89.1 Å². The maximum Gasteiger partial charge on any atom is 0.274 e. The third-order valence-electron chi connectivity index (χ3n) is 1.42. The smallest absolute Gasteiger partial charge is 0.274 e. The van der Waals surface area contributed by atoms with E-state index in [2.05, 4.69) is 4.98 Å². The Bertz CT molecular complexity index is 341. The predicted octanol–water partition coefficient (Wildman–Crippen LogP) is 1.53. The lowest BCUT2D eigenvalue weighted by molar-refractivity contribution is 0.0817. The molecule has 0 saturated heterocycles. The number of aromatic nitrogens is 1. The van der Waals surface area contributed by atoms with Crippen molar-refractivity contribution >= 4 is 28.5 Å². The molecule has 1 aromatic rings. The molecule has 0 aliphatic heterocycles. The molecule has 0 aliphatic carbocycles. The average Bonchev–Trinajstić information content (AvgIpc) is 2.03. The van der Waals surface area contributed by atoms with Crippen LogP contribution in [0.4, 0.5) is 4.39 Å². The van der Waals surface area contributed by atoms with E-state index >= 15 is 0 Å². The van der Waals surface area contributed by atoms with Crippen LogP contribution in [0.25, 0.3) is 0 Å². The van der Waals surface area contributed by atoms with Crippen molar-refractivity contribution in [2.45, 2.75) is 0 Å². The van der Waals surface area contributed by atoms with Crippen molar-refractivity contribution in [3.63, 3.8) is 0 Å². The molecule has 0 radical (unpaired) electrons. The second kappa shape index (κ2) is 3.99. The van der Waals surface area contributed by atoms with E-state index in [1.165, 1.54) is 17.2 Å². The van der Waals surface area contributed by atoms with E-state index in [4.69, 9.17) is 0 Å². The van der Waals surface area contributed by atoms with Gasteiger partial charge >= 0.3 is 0 Å². The van der Waals surface area contributed by atoms with Crippen molar-refractivity contribution in [1.82, 2.24) is 9.88 Å². The molecule has 1 heterocycles. The van der Waals surface area contributed by atoms with Gasteiger partial charge in [-0.05, 0) is 28.7 Å². The Morgan fingerprint density at radius 3 is 2.69 bits per heavy atom. The van der Waals surface area contributed by atoms with Crippen molar-refractivity contribution in [2.75, 3.05) is 14.1 Å². The van der Waals surface area contributed by atoms with Gasteiger partial charge in [0, 0.05) is 23.9 Å². The van der Waals surface area contributed by atoms with Gasteiger partial charge in [0.1, 0.15) is 0 Å². The van der Waals surface area contributed by atoms with Crippen LogP contribution in [0.3, 0.4) is 0 Å². The molecule has 3 nitrogen and oxygen atoms in total. The Morgan fingerprint density at radius 2 is 2.23 bits per heavy atom. The van der Waals surface area contributed by atoms with E-state index in [1.807, 2.05) is 22.6 Å².